The summed E-state index contributed by atoms with van der Waals surface area (Å²) in [6.07, 6.45) is 8.02. The SMILES string of the molecule is CC1Cc2ccccc2-c2cc(-c3c4c(c(-c5ccc6ccccc6c5)c5ccccc35)CCC=C4)ccc21. The van der Waals surface area contributed by atoms with Crippen LogP contribution in [-0.4, -0.2) is 0 Å². The Hall–Kier alpha value is -4.42. The van der Waals surface area contributed by atoms with Crippen molar-refractivity contribution in [2.75, 3.05) is 0 Å². The van der Waals surface area contributed by atoms with E-state index in [2.05, 4.69) is 128 Å². The molecule has 39 heavy (non-hydrogen) atoms. The molecule has 1 atom stereocenters. The molecular weight excluding hydrogens is 468 g/mol. The molecule has 6 aromatic carbocycles. The Balaban J connectivity index is 1.42. The molecule has 0 heterocycles. The maximum atomic E-state index is 2.48. The molecule has 0 nitrogen and oxygen atoms in total. The Morgan fingerprint density at radius 1 is 0.615 bits per heavy atom. The molecule has 0 heteroatoms. The van der Waals surface area contributed by atoms with Crippen molar-refractivity contribution in [1.29, 1.82) is 0 Å². The lowest BCUT2D eigenvalue weighted by Gasteiger charge is -2.27. The highest BCUT2D eigenvalue weighted by Gasteiger charge is 2.25. The van der Waals surface area contributed by atoms with Crippen molar-refractivity contribution in [1.82, 2.24) is 0 Å². The first-order valence-electron chi connectivity index (χ1n) is 14.2. The summed E-state index contributed by atoms with van der Waals surface area (Å²) >= 11 is 0. The fourth-order valence-corrected chi connectivity index (χ4v) is 7.15. The van der Waals surface area contributed by atoms with Crippen LogP contribution in [0.2, 0.25) is 0 Å². The Labute approximate surface area is 230 Å². The van der Waals surface area contributed by atoms with Gasteiger partial charge in [-0.05, 0) is 114 Å². The average Bonchev–Trinajstić information content (AvgIpc) is 2.99. The lowest BCUT2D eigenvalue weighted by atomic mass is 9.76. The molecule has 0 fully saturated rings. The van der Waals surface area contributed by atoms with Crippen LogP contribution in [0.1, 0.15) is 41.5 Å². The van der Waals surface area contributed by atoms with Gasteiger partial charge in [0.1, 0.15) is 0 Å². The molecule has 186 valence electrons. The number of rotatable bonds is 2. The summed E-state index contributed by atoms with van der Waals surface area (Å²) < 4.78 is 0. The van der Waals surface area contributed by atoms with Crippen molar-refractivity contribution in [3.63, 3.8) is 0 Å². The number of benzene rings is 6. The van der Waals surface area contributed by atoms with Crippen molar-refractivity contribution < 1.29 is 0 Å². The minimum atomic E-state index is 0.532. The van der Waals surface area contributed by atoms with Crippen molar-refractivity contribution in [3.8, 4) is 33.4 Å². The van der Waals surface area contributed by atoms with Gasteiger partial charge in [0.2, 0.25) is 0 Å². The zero-order chi connectivity index (χ0) is 25.9. The van der Waals surface area contributed by atoms with Gasteiger partial charge >= 0.3 is 0 Å². The molecule has 1 unspecified atom stereocenters. The van der Waals surface area contributed by atoms with Crippen molar-refractivity contribution >= 4 is 27.6 Å². The maximum absolute atomic E-state index is 2.48. The van der Waals surface area contributed by atoms with Gasteiger partial charge in [-0.2, -0.15) is 0 Å². The van der Waals surface area contributed by atoms with E-state index >= 15 is 0 Å². The van der Waals surface area contributed by atoms with Crippen LogP contribution >= 0.6 is 0 Å². The topological polar surface area (TPSA) is 0 Å². The fraction of sp³-hybridized carbons (Fsp3) is 0.128. The smallest absolute Gasteiger partial charge is 0.00295 e. The second kappa shape index (κ2) is 8.82. The van der Waals surface area contributed by atoms with E-state index in [-0.39, 0.29) is 0 Å². The molecule has 2 aliphatic carbocycles. The quantitative estimate of drug-likeness (QED) is 0.223. The summed E-state index contributed by atoms with van der Waals surface area (Å²) in [5, 5.41) is 5.27. The summed E-state index contributed by atoms with van der Waals surface area (Å²) in [7, 11) is 0. The van der Waals surface area contributed by atoms with E-state index in [0.717, 1.165) is 19.3 Å². The van der Waals surface area contributed by atoms with E-state index in [1.165, 1.54) is 77.2 Å². The molecule has 0 N–H and O–H groups in total. The lowest BCUT2D eigenvalue weighted by Crippen LogP contribution is -2.09. The number of hydrogen-bond donors (Lipinski definition) is 0. The molecule has 0 amide bonds. The number of allylic oxidation sites excluding steroid dienone is 1. The van der Waals surface area contributed by atoms with Gasteiger partial charge in [0, 0.05) is 0 Å². The molecule has 0 bridgehead atoms. The van der Waals surface area contributed by atoms with E-state index in [1.807, 2.05) is 0 Å². The van der Waals surface area contributed by atoms with Gasteiger partial charge in [0.15, 0.2) is 0 Å². The van der Waals surface area contributed by atoms with Crippen LogP contribution in [0.4, 0.5) is 0 Å². The second-order valence-electron chi connectivity index (χ2n) is 11.3. The third-order valence-corrected chi connectivity index (χ3v) is 8.95. The van der Waals surface area contributed by atoms with Crippen LogP contribution in [-0.2, 0) is 12.8 Å². The van der Waals surface area contributed by atoms with Crippen molar-refractivity contribution in [2.45, 2.75) is 32.1 Å². The van der Waals surface area contributed by atoms with Gasteiger partial charge in [-0.3, -0.25) is 0 Å². The van der Waals surface area contributed by atoms with Crippen LogP contribution < -0.4 is 0 Å². The summed E-state index contributed by atoms with van der Waals surface area (Å²) in [5.74, 6) is 0.532. The number of fused-ring (bicyclic) bond motifs is 6. The predicted molar refractivity (Wildman–Crippen MR) is 167 cm³/mol. The first kappa shape index (κ1) is 22.6. The molecule has 6 aromatic rings. The van der Waals surface area contributed by atoms with Gasteiger partial charge < -0.3 is 0 Å². The Morgan fingerprint density at radius 2 is 1.33 bits per heavy atom. The fourth-order valence-electron chi connectivity index (χ4n) is 7.15. The molecule has 2 aliphatic rings. The van der Waals surface area contributed by atoms with E-state index in [0.29, 0.717) is 5.92 Å². The average molecular weight is 499 g/mol. The Kier molecular flexibility index (Phi) is 5.10. The monoisotopic (exact) mass is 498 g/mol. The van der Waals surface area contributed by atoms with Crippen LogP contribution in [0.15, 0.2) is 115 Å². The van der Waals surface area contributed by atoms with Crippen LogP contribution in [0.5, 0.6) is 0 Å². The lowest BCUT2D eigenvalue weighted by molar-refractivity contribution is 0.749. The molecule has 0 radical (unpaired) electrons. The van der Waals surface area contributed by atoms with E-state index in [9.17, 15) is 0 Å². The minimum Gasteiger partial charge on any atom is -0.0836 e. The summed E-state index contributed by atoms with van der Waals surface area (Å²) in [5.41, 5.74) is 14.0. The molecule has 0 saturated heterocycles. The normalized spacial score (nSPS) is 15.7. The predicted octanol–water partition coefficient (Wildman–Crippen LogP) is 10.6. The molecule has 0 aromatic heterocycles. The van der Waals surface area contributed by atoms with E-state index in [1.54, 1.807) is 0 Å². The second-order valence-corrected chi connectivity index (χ2v) is 11.3. The Bertz CT molecular complexity index is 1950. The molecule has 0 saturated carbocycles. The van der Waals surface area contributed by atoms with Gasteiger partial charge in [-0.25, -0.2) is 0 Å². The third-order valence-electron chi connectivity index (χ3n) is 8.95. The van der Waals surface area contributed by atoms with Crippen molar-refractivity contribution in [3.05, 3.63) is 138 Å². The van der Waals surface area contributed by atoms with Crippen LogP contribution in [0.3, 0.4) is 0 Å². The van der Waals surface area contributed by atoms with Gasteiger partial charge in [-0.1, -0.05) is 116 Å². The van der Waals surface area contributed by atoms with Gasteiger partial charge in [0.05, 0.1) is 0 Å². The molecule has 0 spiro atoms. The third kappa shape index (κ3) is 3.52. The maximum Gasteiger partial charge on any atom is -0.00295 e. The standard InChI is InChI=1S/C39H30/c1-25-22-28-12-4-5-13-32(28)37-24-30(20-21-31(25)37)39-35-16-8-6-14-33(35)38(34-15-7-9-17-36(34)39)29-19-18-26-10-2-3-11-27(26)23-29/h2-6,8-14,16-21,23-25H,7,15,22H2,1H3. The molecule has 0 aliphatic heterocycles. The summed E-state index contributed by atoms with van der Waals surface area (Å²) in [6, 6.07) is 41.0. The first-order chi connectivity index (χ1) is 19.3. The highest BCUT2D eigenvalue weighted by atomic mass is 14.3. The largest absolute Gasteiger partial charge is 0.0836 e. The van der Waals surface area contributed by atoms with Gasteiger partial charge in [0.25, 0.3) is 0 Å². The summed E-state index contributed by atoms with van der Waals surface area (Å²) in [4.78, 5) is 0. The van der Waals surface area contributed by atoms with E-state index in [4.69, 9.17) is 0 Å². The molecular formula is C39H30. The van der Waals surface area contributed by atoms with Crippen LogP contribution in [0.25, 0.3) is 61.0 Å². The van der Waals surface area contributed by atoms with Crippen molar-refractivity contribution in [2.24, 2.45) is 0 Å². The summed E-state index contributed by atoms with van der Waals surface area (Å²) in [6.45, 7) is 2.37. The highest BCUT2D eigenvalue weighted by molar-refractivity contribution is 6.11. The van der Waals surface area contributed by atoms with Gasteiger partial charge in [-0.15, -0.1) is 0 Å². The Morgan fingerprint density at radius 3 is 2.23 bits per heavy atom. The highest BCUT2D eigenvalue weighted by Crippen LogP contribution is 2.47. The number of hydrogen-bond acceptors (Lipinski definition) is 0. The van der Waals surface area contributed by atoms with Crippen LogP contribution in [0, 0.1) is 0 Å². The molecule has 8 rings (SSSR count). The first-order valence-corrected chi connectivity index (χ1v) is 14.2. The van der Waals surface area contributed by atoms with E-state index < -0.39 is 0 Å². The zero-order valence-electron chi connectivity index (χ0n) is 22.2. The zero-order valence-corrected chi connectivity index (χ0v) is 22.2. The minimum absolute atomic E-state index is 0.532.